The maximum absolute atomic E-state index is 13.3. The van der Waals surface area contributed by atoms with Crippen molar-refractivity contribution in [3.63, 3.8) is 0 Å². The van der Waals surface area contributed by atoms with Crippen molar-refractivity contribution in [2.75, 3.05) is 11.1 Å². The van der Waals surface area contributed by atoms with E-state index in [0.717, 1.165) is 30.4 Å². The molecule has 0 radical (unpaired) electrons. The summed E-state index contributed by atoms with van der Waals surface area (Å²) < 4.78 is 13.3. The van der Waals surface area contributed by atoms with Crippen LogP contribution in [-0.2, 0) is 6.42 Å². The van der Waals surface area contributed by atoms with Crippen molar-refractivity contribution in [2.24, 2.45) is 0 Å². The molecule has 3 N–H and O–H groups in total. The first kappa shape index (κ1) is 16.1. The third-order valence-corrected chi connectivity index (χ3v) is 3.66. The Bertz CT molecular complexity index is 624. The maximum Gasteiger partial charge on any atom is 0.227 e. The fraction of sp³-hybridized carbons (Fsp3) is 0.438. The van der Waals surface area contributed by atoms with Gasteiger partial charge in [-0.2, -0.15) is 15.0 Å². The van der Waals surface area contributed by atoms with Gasteiger partial charge in [-0.1, -0.05) is 13.0 Å². The van der Waals surface area contributed by atoms with E-state index in [2.05, 4.69) is 27.2 Å². The van der Waals surface area contributed by atoms with E-state index in [4.69, 9.17) is 5.73 Å². The largest absolute Gasteiger partial charge is 0.368 e. The van der Waals surface area contributed by atoms with Crippen molar-refractivity contribution in [1.29, 1.82) is 0 Å². The second kappa shape index (κ2) is 7.15. The van der Waals surface area contributed by atoms with Crippen LogP contribution < -0.4 is 11.1 Å². The molecule has 2 rings (SSSR count). The summed E-state index contributed by atoms with van der Waals surface area (Å²) >= 11 is 0. The molecule has 1 aromatic heterocycles. The predicted molar refractivity (Wildman–Crippen MR) is 86.1 cm³/mol. The standard InChI is InChI=1S/C16H22FN5/c1-4-14(21-16-20-11(3)19-15(18)22-16)8-6-12-9-13(17)7-5-10(12)2/h5,7,9,14H,4,6,8H2,1-3H3,(H3,18,19,20,21,22). The molecule has 0 saturated carbocycles. The Morgan fingerprint density at radius 1 is 1.23 bits per heavy atom. The van der Waals surface area contributed by atoms with Crippen LogP contribution in [0.1, 0.15) is 36.7 Å². The van der Waals surface area contributed by atoms with Gasteiger partial charge in [-0.25, -0.2) is 4.39 Å². The Hall–Kier alpha value is -2.24. The number of nitrogen functional groups attached to an aromatic ring is 1. The van der Waals surface area contributed by atoms with E-state index in [1.165, 1.54) is 6.07 Å². The number of benzene rings is 1. The van der Waals surface area contributed by atoms with E-state index in [-0.39, 0.29) is 17.8 Å². The Kier molecular flexibility index (Phi) is 5.25. The predicted octanol–water partition coefficient (Wildman–Crippen LogP) is 3.03. The van der Waals surface area contributed by atoms with Crippen LogP contribution in [0.4, 0.5) is 16.3 Å². The molecule has 0 bridgehead atoms. The van der Waals surface area contributed by atoms with Crippen molar-refractivity contribution in [3.05, 3.63) is 41.0 Å². The number of nitrogens with one attached hydrogen (secondary N) is 1. The molecule has 0 fully saturated rings. The zero-order valence-electron chi connectivity index (χ0n) is 13.2. The molecule has 0 amide bonds. The minimum atomic E-state index is -0.192. The summed E-state index contributed by atoms with van der Waals surface area (Å²) in [6.07, 6.45) is 2.58. The highest BCUT2D eigenvalue weighted by Crippen LogP contribution is 2.16. The molecule has 0 aliphatic carbocycles. The van der Waals surface area contributed by atoms with Crippen LogP contribution in [0.5, 0.6) is 0 Å². The number of nitrogens with zero attached hydrogens (tertiary/aromatic N) is 3. The number of rotatable bonds is 6. The van der Waals surface area contributed by atoms with Gasteiger partial charge in [-0.3, -0.25) is 0 Å². The zero-order chi connectivity index (χ0) is 16.1. The van der Waals surface area contributed by atoms with E-state index in [9.17, 15) is 4.39 Å². The first-order valence-corrected chi connectivity index (χ1v) is 7.47. The maximum atomic E-state index is 13.3. The highest BCUT2D eigenvalue weighted by molar-refractivity contribution is 5.32. The van der Waals surface area contributed by atoms with E-state index < -0.39 is 0 Å². The van der Waals surface area contributed by atoms with Gasteiger partial charge >= 0.3 is 0 Å². The van der Waals surface area contributed by atoms with Crippen molar-refractivity contribution in [3.8, 4) is 0 Å². The number of nitrogens with two attached hydrogens (primary N) is 1. The summed E-state index contributed by atoms with van der Waals surface area (Å²) in [5.41, 5.74) is 7.78. The minimum Gasteiger partial charge on any atom is -0.368 e. The lowest BCUT2D eigenvalue weighted by molar-refractivity contribution is 0.609. The summed E-state index contributed by atoms with van der Waals surface area (Å²) in [6, 6.07) is 5.11. The first-order chi connectivity index (χ1) is 10.5. The van der Waals surface area contributed by atoms with Gasteiger partial charge in [0.15, 0.2) is 0 Å². The summed E-state index contributed by atoms with van der Waals surface area (Å²) in [4.78, 5) is 12.3. The van der Waals surface area contributed by atoms with Crippen LogP contribution in [0.2, 0.25) is 0 Å². The summed E-state index contributed by atoms with van der Waals surface area (Å²) in [5.74, 6) is 1.10. The number of aromatic nitrogens is 3. The second-order valence-corrected chi connectivity index (χ2v) is 5.42. The van der Waals surface area contributed by atoms with Crippen molar-refractivity contribution >= 4 is 11.9 Å². The molecule has 0 aliphatic heterocycles. The first-order valence-electron chi connectivity index (χ1n) is 7.47. The summed E-state index contributed by atoms with van der Waals surface area (Å²) in [6.45, 7) is 5.87. The van der Waals surface area contributed by atoms with Gasteiger partial charge in [0.25, 0.3) is 0 Å². The number of hydrogen-bond acceptors (Lipinski definition) is 5. The highest BCUT2D eigenvalue weighted by Gasteiger charge is 2.11. The minimum absolute atomic E-state index is 0.192. The smallest absolute Gasteiger partial charge is 0.227 e. The van der Waals surface area contributed by atoms with Crippen LogP contribution in [0.15, 0.2) is 18.2 Å². The SMILES string of the molecule is CCC(CCc1cc(F)ccc1C)Nc1nc(C)nc(N)n1. The topological polar surface area (TPSA) is 76.7 Å². The molecule has 6 heteroatoms. The van der Waals surface area contributed by atoms with Crippen LogP contribution in [0.3, 0.4) is 0 Å². The van der Waals surface area contributed by atoms with E-state index in [0.29, 0.717) is 11.8 Å². The molecule has 1 unspecified atom stereocenters. The average Bonchev–Trinajstić information content (AvgIpc) is 2.45. The normalized spacial score (nSPS) is 12.2. The molecule has 0 saturated heterocycles. The van der Waals surface area contributed by atoms with E-state index >= 15 is 0 Å². The van der Waals surface area contributed by atoms with Gasteiger partial charge in [0.05, 0.1) is 0 Å². The third kappa shape index (κ3) is 4.38. The number of aryl methyl sites for hydroxylation is 3. The van der Waals surface area contributed by atoms with Crippen molar-refractivity contribution in [1.82, 2.24) is 15.0 Å². The molecule has 2 aromatic rings. The van der Waals surface area contributed by atoms with Gasteiger partial charge in [-0.05, 0) is 56.4 Å². The Balaban J connectivity index is 2.01. The molecule has 0 aliphatic rings. The molecule has 1 aromatic carbocycles. The third-order valence-electron chi connectivity index (χ3n) is 3.66. The Morgan fingerprint density at radius 2 is 2.00 bits per heavy atom. The summed E-state index contributed by atoms with van der Waals surface area (Å²) in [5, 5.41) is 3.28. The lowest BCUT2D eigenvalue weighted by Crippen LogP contribution is -2.22. The van der Waals surface area contributed by atoms with E-state index in [1.54, 1.807) is 13.0 Å². The monoisotopic (exact) mass is 303 g/mol. The van der Waals surface area contributed by atoms with Crippen molar-refractivity contribution in [2.45, 2.75) is 46.1 Å². The van der Waals surface area contributed by atoms with Gasteiger partial charge in [-0.15, -0.1) is 0 Å². The van der Waals surface area contributed by atoms with E-state index in [1.807, 2.05) is 13.0 Å². The van der Waals surface area contributed by atoms with Crippen LogP contribution in [0.25, 0.3) is 0 Å². The quantitative estimate of drug-likeness (QED) is 0.857. The van der Waals surface area contributed by atoms with Crippen molar-refractivity contribution < 1.29 is 4.39 Å². The van der Waals surface area contributed by atoms with Crippen LogP contribution >= 0.6 is 0 Å². The fourth-order valence-electron chi connectivity index (χ4n) is 2.37. The molecular weight excluding hydrogens is 281 g/mol. The zero-order valence-corrected chi connectivity index (χ0v) is 13.2. The number of anilines is 2. The molecule has 1 heterocycles. The number of halogens is 1. The van der Waals surface area contributed by atoms with Gasteiger partial charge < -0.3 is 11.1 Å². The van der Waals surface area contributed by atoms with Gasteiger partial charge in [0, 0.05) is 6.04 Å². The van der Waals surface area contributed by atoms with Gasteiger partial charge in [0.2, 0.25) is 11.9 Å². The lowest BCUT2D eigenvalue weighted by Gasteiger charge is -2.17. The Morgan fingerprint density at radius 3 is 2.68 bits per heavy atom. The molecular formula is C16H22FN5. The summed E-state index contributed by atoms with van der Waals surface area (Å²) in [7, 11) is 0. The van der Waals surface area contributed by atoms with Gasteiger partial charge in [0.1, 0.15) is 11.6 Å². The highest BCUT2D eigenvalue weighted by atomic mass is 19.1. The number of hydrogen-bond donors (Lipinski definition) is 2. The Labute approximate surface area is 130 Å². The molecule has 0 spiro atoms. The lowest BCUT2D eigenvalue weighted by atomic mass is 10.00. The molecule has 1 atom stereocenters. The molecule has 22 heavy (non-hydrogen) atoms. The van der Waals surface area contributed by atoms with Crippen LogP contribution in [0, 0.1) is 19.7 Å². The molecule has 118 valence electrons. The fourth-order valence-corrected chi connectivity index (χ4v) is 2.37. The second-order valence-electron chi connectivity index (χ2n) is 5.42. The average molecular weight is 303 g/mol. The molecule has 5 nitrogen and oxygen atoms in total. The van der Waals surface area contributed by atoms with Crippen LogP contribution in [-0.4, -0.2) is 21.0 Å².